The van der Waals surface area contributed by atoms with Gasteiger partial charge in [-0.15, -0.1) is 0 Å². The standard InChI is InChI=1S/C13H17ClN2O4/c1-19-7-3-6-15-12(17)13(18)16-9-4-5-11(20-2)10(14)8-9/h4-5,8H,3,6-7H2,1-2H3,(H,15,17)(H,16,18). The van der Waals surface area contributed by atoms with Crippen molar-refractivity contribution in [3.05, 3.63) is 23.2 Å². The van der Waals surface area contributed by atoms with Crippen LogP contribution in [0.2, 0.25) is 5.02 Å². The average Bonchev–Trinajstić information content (AvgIpc) is 2.43. The number of hydrogen-bond donors (Lipinski definition) is 2. The van der Waals surface area contributed by atoms with Gasteiger partial charge in [-0.05, 0) is 24.6 Å². The Morgan fingerprint density at radius 2 is 2.00 bits per heavy atom. The van der Waals surface area contributed by atoms with Crippen LogP contribution in [0.1, 0.15) is 6.42 Å². The first-order valence-corrected chi connectivity index (χ1v) is 6.38. The van der Waals surface area contributed by atoms with E-state index in [0.717, 1.165) is 0 Å². The number of methoxy groups -OCH3 is 2. The van der Waals surface area contributed by atoms with Gasteiger partial charge in [0, 0.05) is 25.9 Å². The summed E-state index contributed by atoms with van der Waals surface area (Å²) in [4.78, 5) is 23.1. The zero-order valence-electron chi connectivity index (χ0n) is 11.4. The second kappa shape index (κ2) is 8.39. The molecule has 2 N–H and O–H groups in total. The van der Waals surface area contributed by atoms with Gasteiger partial charge in [0.1, 0.15) is 5.75 Å². The molecule has 1 rings (SSSR count). The molecule has 20 heavy (non-hydrogen) atoms. The minimum absolute atomic E-state index is 0.353. The van der Waals surface area contributed by atoms with Crippen LogP contribution in [0, 0.1) is 0 Å². The molecule has 0 saturated carbocycles. The number of carbonyl (C=O) groups is 2. The summed E-state index contributed by atoms with van der Waals surface area (Å²) < 4.78 is 9.83. The molecule has 0 bridgehead atoms. The molecule has 0 radical (unpaired) electrons. The van der Waals surface area contributed by atoms with E-state index >= 15 is 0 Å². The molecule has 0 fully saturated rings. The number of benzene rings is 1. The molecule has 0 saturated heterocycles. The highest BCUT2D eigenvalue weighted by Crippen LogP contribution is 2.27. The third-order valence-corrected chi connectivity index (χ3v) is 2.72. The van der Waals surface area contributed by atoms with Crippen molar-refractivity contribution in [1.29, 1.82) is 0 Å². The van der Waals surface area contributed by atoms with E-state index in [4.69, 9.17) is 21.1 Å². The molecule has 0 aromatic heterocycles. The highest BCUT2D eigenvalue weighted by Gasteiger charge is 2.13. The van der Waals surface area contributed by atoms with E-state index in [1.807, 2.05) is 0 Å². The summed E-state index contributed by atoms with van der Waals surface area (Å²) in [5.74, 6) is -0.953. The molecule has 0 aliphatic carbocycles. The molecular weight excluding hydrogens is 284 g/mol. The Kier molecular flexibility index (Phi) is 6.83. The predicted molar refractivity (Wildman–Crippen MR) is 76.1 cm³/mol. The van der Waals surface area contributed by atoms with E-state index in [0.29, 0.717) is 36.0 Å². The maximum Gasteiger partial charge on any atom is 0.313 e. The van der Waals surface area contributed by atoms with Gasteiger partial charge in [0.05, 0.1) is 12.1 Å². The molecular formula is C13H17ClN2O4. The zero-order chi connectivity index (χ0) is 15.0. The molecule has 7 heteroatoms. The third-order valence-electron chi connectivity index (χ3n) is 2.43. The van der Waals surface area contributed by atoms with Gasteiger partial charge >= 0.3 is 11.8 Å². The Hall–Kier alpha value is -1.79. The monoisotopic (exact) mass is 300 g/mol. The van der Waals surface area contributed by atoms with Crippen LogP contribution in [-0.4, -0.2) is 39.2 Å². The SMILES string of the molecule is COCCCNC(=O)C(=O)Nc1ccc(OC)c(Cl)c1. The molecule has 0 aliphatic rings. The van der Waals surface area contributed by atoms with Crippen LogP contribution >= 0.6 is 11.6 Å². The van der Waals surface area contributed by atoms with Crippen LogP contribution in [0.4, 0.5) is 5.69 Å². The summed E-state index contributed by atoms with van der Waals surface area (Å²) in [6.07, 6.45) is 0.643. The lowest BCUT2D eigenvalue weighted by molar-refractivity contribution is -0.136. The Morgan fingerprint density at radius 1 is 1.25 bits per heavy atom. The fraction of sp³-hybridized carbons (Fsp3) is 0.385. The van der Waals surface area contributed by atoms with Crippen molar-refractivity contribution in [2.45, 2.75) is 6.42 Å². The number of ether oxygens (including phenoxy) is 2. The second-order valence-electron chi connectivity index (χ2n) is 3.91. The van der Waals surface area contributed by atoms with Crippen molar-refractivity contribution in [3.63, 3.8) is 0 Å². The third kappa shape index (κ3) is 5.07. The maximum atomic E-state index is 11.6. The fourth-order valence-corrected chi connectivity index (χ4v) is 1.69. The normalized spacial score (nSPS) is 9.95. The van der Waals surface area contributed by atoms with Crippen LogP contribution in [0.3, 0.4) is 0 Å². The lowest BCUT2D eigenvalue weighted by Gasteiger charge is -2.08. The number of halogens is 1. The topological polar surface area (TPSA) is 76.7 Å². The van der Waals surface area contributed by atoms with E-state index in [2.05, 4.69) is 10.6 Å². The van der Waals surface area contributed by atoms with Crippen molar-refractivity contribution in [1.82, 2.24) is 5.32 Å². The van der Waals surface area contributed by atoms with Crippen LogP contribution in [0.15, 0.2) is 18.2 Å². The van der Waals surface area contributed by atoms with Gasteiger partial charge < -0.3 is 20.1 Å². The molecule has 1 aromatic carbocycles. The molecule has 0 atom stereocenters. The van der Waals surface area contributed by atoms with Crippen molar-refractivity contribution in [2.24, 2.45) is 0 Å². The molecule has 0 spiro atoms. The number of rotatable bonds is 6. The summed E-state index contributed by atoms with van der Waals surface area (Å²) in [6, 6.07) is 4.71. The summed E-state index contributed by atoms with van der Waals surface area (Å²) >= 11 is 5.92. The van der Waals surface area contributed by atoms with Crippen molar-refractivity contribution in [2.75, 3.05) is 32.7 Å². The van der Waals surface area contributed by atoms with Crippen LogP contribution in [-0.2, 0) is 14.3 Å². The Labute approximate surface area is 122 Å². The number of hydrogen-bond acceptors (Lipinski definition) is 4. The van der Waals surface area contributed by atoms with Crippen LogP contribution in [0.5, 0.6) is 5.75 Å². The number of carbonyl (C=O) groups excluding carboxylic acids is 2. The van der Waals surface area contributed by atoms with E-state index in [1.165, 1.54) is 13.2 Å². The summed E-state index contributed by atoms with van der Waals surface area (Å²) in [5.41, 5.74) is 0.424. The van der Waals surface area contributed by atoms with Gasteiger partial charge in [0.25, 0.3) is 0 Å². The second-order valence-corrected chi connectivity index (χ2v) is 4.31. The van der Waals surface area contributed by atoms with Gasteiger partial charge in [-0.1, -0.05) is 11.6 Å². The minimum atomic E-state index is -0.747. The molecule has 1 aromatic rings. The largest absolute Gasteiger partial charge is 0.495 e. The van der Waals surface area contributed by atoms with E-state index in [9.17, 15) is 9.59 Å². The minimum Gasteiger partial charge on any atom is -0.495 e. The number of amides is 2. The van der Waals surface area contributed by atoms with Gasteiger partial charge in [0.2, 0.25) is 0 Å². The molecule has 110 valence electrons. The maximum absolute atomic E-state index is 11.6. The van der Waals surface area contributed by atoms with Crippen molar-refractivity contribution < 1.29 is 19.1 Å². The van der Waals surface area contributed by atoms with Gasteiger partial charge in [-0.25, -0.2) is 0 Å². The molecule has 0 aliphatic heterocycles. The Balaban J connectivity index is 2.49. The fourth-order valence-electron chi connectivity index (χ4n) is 1.43. The van der Waals surface area contributed by atoms with Gasteiger partial charge in [-0.2, -0.15) is 0 Å². The quantitative estimate of drug-likeness (QED) is 0.616. The van der Waals surface area contributed by atoms with E-state index < -0.39 is 11.8 Å². The van der Waals surface area contributed by atoms with Crippen molar-refractivity contribution >= 4 is 29.1 Å². The zero-order valence-corrected chi connectivity index (χ0v) is 12.1. The summed E-state index contributed by atoms with van der Waals surface area (Å²) in [7, 11) is 3.06. The Morgan fingerprint density at radius 3 is 2.60 bits per heavy atom. The van der Waals surface area contributed by atoms with Crippen LogP contribution in [0.25, 0.3) is 0 Å². The molecule has 2 amide bonds. The van der Waals surface area contributed by atoms with Gasteiger partial charge in [0.15, 0.2) is 0 Å². The summed E-state index contributed by atoms with van der Waals surface area (Å²) in [5, 5.41) is 5.29. The first-order valence-electron chi connectivity index (χ1n) is 6.00. The lowest BCUT2D eigenvalue weighted by Crippen LogP contribution is -2.36. The Bertz CT molecular complexity index is 479. The lowest BCUT2D eigenvalue weighted by atomic mass is 10.3. The molecule has 6 nitrogen and oxygen atoms in total. The smallest absolute Gasteiger partial charge is 0.313 e. The van der Waals surface area contributed by atoms with E-state index in [-0.39, 0.29) is 0 Å². The molecule has 0 heterocycles. The highest BCUT2D eigenvalue weighted by atomic mass is 35.5. The first-order chi connectivity index (χ1) is 9.58. The summed E-state index contributed by atoms with van der Waals surface area (Å²) in [6.45, 7) is 0.902. The number of nitrogens with one attached hydrogen (secondary N) is 2. The average molecular weight is 301 g/mol. The van der Waals surface area contributed by atoms with E-state index in [1.54, 1.807) is 19.2 Å². The van der Waals surface area contributed by atoms with Gasteiger partial charge in [-0.3, -0.25) is 9.59 Å². The van der Waals surface area contributed by atoms with Crippen molar-refractivity contribution in [3.8, 4) is 5.75 Å². The van der Waals surface area contributed by atoms with Crippen LogP contribution < -0.4 is 15.4 Å². The first kappa shape index (κ1) is 16.3. The highest BCUT2D eigenvalue weighted by molar-refractivity contribution is 6.40. The molecule has 0 unspecified atom stereocenters. The number of anilines is 1. The predicted octanol–water partition coefficient (Wildman–Crippen LogP) is 1.44.